The van der Waals surface area contributed by atoms with Gasteiger partial charge in [-0.15, -0.1) is 0 Å². The molecule has 0 bridgehead atoms. The van der Waals surface area contributed by atoms with Gasteiger partial charge in [0.05, 0.1) is 5.92 Å². The maximum absolute atomic E-state index is 13.0. The molecule has 0 spiro atoms. The Morgan fingerprint density at radius 1 is 1.56 bits per heavy atom. The molecule has 0 radical (unpaired) electrons. The van der Waals surface area contributed by atoms with E-state index in [2.05, 4.69) is 26.6 Å². The number of halogens is 2. The molecule has 1 fully saturated rings. The van der Waals surface area contributed by atoms with Crippen LogP contribution in [0.25, 0.3) is 0 Å². The zero-order chi connectivity index (χ0) is 11.5. The lowest BCUT2D eigenvalue weighted by atomic mass is 10.0. The van der Waals surface area contributed by atoms with E-state index in [1.165, 1.54) is 12.1 Å². The Morgan fingerprint density at radius 2 is 2.31 bits per heavy atom. The van der Waals surface area contributed by atoms with Gasteiger partial charge in [-0.25, -0.2) is 4.39 Å². The molecule has 5 heteroatoms. The summed E-state index contributed by atoms with van der Waals surface area (Å²) in [6.45, 7) is 1.82. The highest BCUT2D eigenvalue weighted by Gasteiger charge is 2.24. The van der Waals surface area contributed by atoms with Crippen LogP contribution in [0.5, 0.6) is 0 Å². The molecule has 1 saturated heterocycles. The summed E-state index contributed by atoms with van der Waals surface area (Å²) in [5, 5.41) is 5.82. The first kappa shape index (κ1) is 11.5. The summed E-state index contributed by atoms with van der Waals surface area (Å²) in [6, 6.07) is 4.44. The van der Waals surface area contributed by atoms with Crippen molar-refractivity contribution in [3.63, 3.8) is 0 Å². The lowest BCUT2D eigenvalue weighted by Gasteiger charge is -2.25. The highest BCUT2D eigenvalue weighted by Crippen LogP contribution is 2.17. The van der Waals surface area contributed by atoms with Gasteiger partial charge in [-0.2, -0.15) is 0 Å². The molecule has 0 aliphatic carbocycles. The molecular weight excluding hydrogens is 275 g/mol. The van der Waals surface area contributed by atoms with Crippen LogP contribution in [0.3, 0.4) is 0 Å². The molecule has 1 aliphatic rings. The summed E-state index contributed by atoms with van der Waals surface area (Å²) in [4.78, 5) is 11.5. The fourth-order valence-corrected chi connectivity index (χ4v) is 1.87. The lowest BCUT2D eigenvalue weighted by Crippen LogP contribution is -2.50. The molecule has 2 rings (SSSR count). The Morgan fingerprint density at radius 3 is 2.94 bits per heavy atom. The monoisotopic (exact) mass is 286 g/mol. The zero-order valence-electron chi connectivity index (χ0n) is 8.59. The lowest BCUT2D eigenvalue weighted by molar-refractivity contribution is -0.126. The van der Waals surface area contributed by atoms with E-state index in [-0.39, 0.29) is 17.6 Å². The fourth-order valence-electron chi connectivity index (χ4n) is 1.48. The third-order valence-electron chi connectivity index (χ3n) is 2.61. The molecule has 1 aliphatic heterocycles. The van der Waals surface area contributed by atoms with Crippen molar-refractivity contribution in [3.05, 3.63) is 34.1 Å². The van der Waals surface area contributed by atoms with Crippen LogP contribution in [-0.4, -0.2) is 19.0 Å². The van der Waals surface area contributed by atoms with E-state index < -0.39 is 0 Å². The molecule has 86 valence electrons. The molecular formula is C11H12BrFN2O. The van der Waals surface area contributed by atoms with Crippen LogP contribution in [0, 0.1) is 11.7 Å². The summed E-state index contributed by atoms with van der Waals surface area (Å²) in [7, 11) is 0. The van der Waals surface area contributed by atoms with E-state index in [9.17, 15) is 9.18 Å². The Labute approximate surface area is 102 Å². The number of amides is 1. The molecule has 0 aromatic heterocycles. The standard InChI is InChI=1S/C11H12BrFN2O/c12-10-2-1-9(13)3-7(10)6-15-11(16)8-4-14-5-8/h1-3,8,14H,4-6H2,(H,15,16). The van der Waals surface area contributed by atoms with E-state index in [0.29, 0.717) is 6.54 Å². The van der Waals surface area contributed by atoms with Crippen molar-refractivity contribution < 1.29 is 9.18 Å². The molecule has 2 N–H and O–H groups in total. The first-order valence-electron chi connectivity index (χ1n) is 5.09. The van der Waals surface area contributed by atoms with Crippen molar-refractivity contribution in [1.82, 2.24) is 10.6 Å². The summed E-state index contributed by atoms with van der Waals surface area (Å²) in [5.74, 6) is -0.208. The van der Waals surface area contributed by atoms with Crippen LogP contribution in [0.15, 0.2) is 22.7 Å². The van der Waals surface area contributed by atoms with Gasteiger partial charge in [-0.1, -0.05) is 15.9 Å². The van der Waals surface area contributed by atoms with E-state index in [4.69, 9.17) is 0 Å². The molecule has 0 unspecified atom stereocenters. The third kappa shape index (κ3) is 2.59. The van der Waals surface area contributed by atoms with Gasteiger partial charge in [0.15, 0.2) is 0 Å². The summed E-state index contributed by atoms with van der Waals surface area (Å²) in [6.07, 6.45) is 0. The quantitative estimate of drug-likeness (QED) is 0.883. The fraction of sp³-hybridized carbons (Fsp3) is 0.364. The van der Waals surface area contributed by atoms with Crippen molar-refractivity contribution in [2.45, 2.75) is 6.54 Å². The first-order valence-corrected chi connectivity index (χ1v) is 5.88. The summed E-state index contributed by atoms with van der Waals surface area (Å²) < 4.78 is 13.8. The molecule has 0 atom stereocenters. The van der Waals surface area contributed by atoms with E-state index >= 15 is 0 Å². The number of nitrogens with one attached hydrogen (secondary N) is 2. The van der Waals surface area contributed by atoms with Crippen molar-refractivity contribution in [3.8, 4) is 0 Å². The number of hydrogen-bond donors (Lipinski definition) is 2. The maximum Gasteiger partial charge on any atom is 0.225 e. The van der Waals surface area contributed by atoms with Gasteiger partial charge in [-0.05, 0) is 23.8 Å². The van der Waals surface area contributed by atoms with Gasteiger partial charge in [0.2, 0.25) is 5.91 Å². The number of hydrogen-bond acceptors (Lipinski definition) is 2. The summed E-state index contributed by atoms with van der Waals surface area (Å²) >= 11 is 3.32. The topological polar surface area (TPSA) is 41.1 Å². The van der Waals surface area contributed by atoms with Gasteiger partial charge in [-0.3, -0.25) is 4.79 Å². The van der Waals surface area contributed by atoms with Crippen LogP contribution >= 0.6 is 15.9 Å². The van der Waals surface area contributed by atoms with Crippen LogP contribution in [0.1, 0.15) is 5.56 Å². The van der Waals surface area contributed by atoms with Crippen LogP contribution < -0.4 is 10.6 Å². The number of rotatable bonds is 3. The maximum atomic E-state index is 13.0. The minimum atomic E-state index is -0.294. The second kappa shape index (κ2) is 4.93. The van der Waals surface area contributed by atoms with Crippen LogP contribution in [-0.2, 0) is 11.3 Å². The predicted octanol–water partition coefficient (Wildman–Crippen LogP) is 1.42. The first-order chi connectivity index (χ1) is 7.66. The highest BCUT2D eigenvalue weighted by atomic mass is 79.9. The zero-order valence-corrected chi connectivity index (χ0v) is 10.2. The molecule has 1 aromatic rings. The molecule has 3 nitrogen and oxygen atoms in total. The van der Waals surface area contributed by atoms with Gasteiger partial charge >= 0.3 is 0 Å². The van der Waals surface area contributed by atoms with Gasteiger partial charge in [0, 0.05) is 24.1 Å². The SMILES string of the molecule is O=C(NCc1cc(F)ccc1Br)C1CNC1. The van der Waals surface area contributed by atoms with Gasteiger partial charge in [0.25, 0.3) is 0 Å². The Kier molecular flexibility index (Phi) is 3.56. The average Bonchev–Trinajstić information content (AvgIpc) is 2.17. The molecule has 0 saturated carbocycles. The van der Waals surface area contributed by atoms with Crippen molar-refractivity contribution >= 4 is 21.8 Å². The molecule has 16 heavy (non-hydrogen) atoms. The van der Waals surface area contributed by atoms with E-state index in [0.717, 1.165) is 23.1 Å². The van der Waals surface area contributed by atoms with Gasteiger partial charge < -0.3 is 10.6 Å². The van der Waals surface area contributed by atoms with Crippen molar-refractivity contribution in [1.29, 1.82) is 0 Å². The summed E-state index contributed by atoms with van der Waals surface area (Å²) in [5.41, 5.74) is 0.751. The Balaban J connectivity index is 1.93. The molecule has 1 heterocycles. The Hall–Kier alpha value is -0.940. The second-order valence-electron chi connectivity index (χ2n) is 3.81. The number of benzene rings is 1. The van der Waals surface area contributed by atoms with Crippen molar-refractivity contribution in [2.24, 2.45) is 5.92 Å². The Bertz CT molecular complexity index is 407. The van der Waals surface area contributed by atoms with Crippen molar-refractivity contribution in [2.75, 3.05) is 13.1 Å². The second-order valence-corrected chi connectivity index (χ2v) is 4.66. The third-order valence-corrected chi connectivity index (χ3v) is 3.39. The molecule has 1 aromatic carbocycles. The largest absolute Gasteiger partial charge is 0.352 e. The van der Waals surface area contributed by atoms with Crippen LogP contribution in [0.4, 0.5) is 4.39 Å². The molecule has 1 amide bonds. The minimum Gasteiger partial charge on any atom is -0.352 e. The highest BCUT2D eigenvalue weighted by molar-refractivity contribution is 9.10. The van der Waals surface area contributed by atoms with Gasteiger partial charge in [0.1, 0.15) is 5.82 Å². The number of carbonyl (C=O) groups excluding carboxylic acids is 1. The normalized spacial score (nSPS) is 15.6. The predicted molar refractivity (Wildman–Crippen MR) is 62.3 cm³/mol. The average molecular weight is 287 g/mol. The van der Waals surface area contributed by atoms with E-state index in [1.807, 2.05) is 0 Å². The van der Waals surface area contributed by atoms with Crippen LogP contribution in [0.2, 0.25) is 0 Å². The number of carbonyl (C=O) groups is 1. The minimum absolute atomic E-state index is 0.0231. The smallest absolute Gasteiger partial charge is 0.225 e. The van der Waals surface area contributed by atoms with E-state index in [1.54, 1.807) is 6.07 Å².